The van der Waals surface area contributed by atoms with Gasteiger partial charge in [0.05, 0.1) is 16.4 Å². The van der Waals surface area contributed by atoms with Crippen molar-refractivity contribution in [1.29, 1.82) is 0 Å². The van der Waals surface area contributed by atoms with Crippen molar-refractivity contribution in [3.63, 3.8) is 0 Å². The van der Waals surface area contributed by atoms with Crippen molar-refractivity contribution in [3.05, 3.63) is 57.4 Å². The molecule has 1 N–H and O–H groups in total. The van der Waals surface area contributed by atoms with Crippen molar-refractivity contribution in [3.8, 4) is 5.75 Å². The highest BCUT2D eigenvalue weighted by molar-refractivity contribution is 14.1. The van der Waals surface area contributed by atoms with Crippen molar-refractivity contribution < 1.29 is 13.9 Å². The van der Waals surface area contributed by atoms with Crippen LogP contribution in [0.5, 0.6) is 5.75 Å². The average molecular weight is 371 g/mol. The summed E-state index contributed by atoms with van der Waals surface area (Å²) < 4.78 is 19.4. The minimum absolute atomic E-state index is 0.165. The highest BCUT2D eigenvalue weighted by Gasteiger charge is 2.10. The van der Waals surface area contributed by atoms with Gasteiger partial charge in [-0.25, -0.2) is 4.39 Å². The van der Waals surface area contributed by atoms with Gasteiger partial charge in [-0.1, -0.05) is 12.1 Å². The molecule has 0 spiro atoms. The number of anilines is 1. The number of nitrogens with one attached hydrogen (secondary N) is 1. The molecule has 0 radical (unpaired) electrons. The van der Waals surface area contributed by atoms with Crippen LogP contribution in [0.1, 0.15) is 10.4 Å². The van der Waals surface area contributed by atoms with Crippen LogP contribution in [0.2, 0.25) is 0 Å². The summed E-state index contributed by atoms with van der Waals surface area (Å²) >= 11 is 2.08. The molecule has 2 rings (SSSR count). The summed E-state index contributed by atoms with van der Waals surface area (Å²) in [5.41, 5.74) is 0.617. The Balaban J connectivity index is 2.21. The number of halogens is 2. The molecule has 0 saturated carbocycles. The molecule has 0 unspecified atom stereocenters. The minimum Gasteiger partial charge on any atom is -0.496 e. The Morgan fingerprint density at radius 2 is 2.00 bits per heavy atom. The molecule has 2 aromatic carbocycles. The number of methoxy groups -OCH3 is 1. The van der Waals surface area contributed by atoms with E-state index in [1.807, 2.05) is 0 Å². The average Bonchev–Trinajstić information content (AvgIpc) is 2.41. The van der Waals surface area contributed by atoms with Crippen LogP contribution in [0.3, 0.4) is 0 Å². The maximum atomic E-state index is 13.4. The van der Waals surface area contributed by atoms with Crippen LogP contribution in [0.25, 0.3) is 0 Å². The summed E-state index contributed by atoms with van der Waals surface area (Å²) in [7, 11) is 1.57. The van der Waals surface area contributed by atoms with Gasteiger partial charge in [-0.15, -0.1) is 0 Å². The zero-order chi connectivity index (χ0) is 13.8. The molecule has 98 valence electrons. The third-order valence-electron chi connectivity index (χ3n) is 2.54. The van der Waals surface area contributed by atoms with Gasteiger partial charge in [-0.05, 0) is 52.9 Å². The molecule has 19 heavy (non-hydrogen) atoms. The molecule has 0 bridgehead atoms. The monoisotopic (exact) mass is 371 g/mol. The molecular formula is C14H11FINO2. The second kappa shape index (κ2) is 6.01. The fourth-order valence-corrected chi connectivity index (χ4v) is 2.30. The number of amides is 1. The van der Waals surface area contributed by atoms with E-state index in [1.165, 1.54) is 12.1 Å². The molecule has 0 aliphatic carbocycles. The Hall–Kier alpha value is -1.63. The fraction of sp³-hybridized carbons (Fsp3) is 0.0714. The molecule has 1 amide bonds. The number of hydrogen-bond donors (Lipinski definition) is 1. The van der Waals surface area contributed by atoms with Crippen molar-refractivity contribution in [2.75, 3.05) is 12.4 Å². The van der Waals surface area contributed by atoms with Gasteiger partial charge in [0, 0.05) is 5.56 Å². The summed E-state index contributed by atoms with van der Waals surface area (Å²) in [6.45, 7) is 0. The predicted octanol–water partition coefficient (Wildman–Crippen LogP) is 3.69. The fourth-order valence-electron chi connectivity index (χ4n) is 1.56. The van der Waals surface area contributed by atoms with E-state index < -0.39 is 5.82 Å². The smallest absolute Gasteiger partial charge is 0.255 e. The van der Waals surface area contributed by atoms with E-state index in [2.05, 4.69) is 27.9 Å². The standard InChI is InChI=1S/C14H11FINO2/c1-19-13-7-6-9(8-11(13)16)14(18)17-12-5-3-2-4-10(12)15/h2-8H,1H3,(H,17,18). The van der Waals surface area contributed by atoms with Crippen molar-refractivity contribution in [1.82, 2.24) is 0 Å². The molecule has 0 atom stereocenters. The highest BCUT2D eigenvalue weighted by atomic mass is 127. The largest absolute Gasteiger partial charge is 0.496 e. The van der Waals surface area contributed by atoms with Crippen molar-refractivity contribution in [2.24, 2.45) is 0 Å². The topological polar surface area (TPSA) is 38.3 Å². The van der Waals surface area contributed by atoms with Gasteiger partial charge in [-0.3, -0.25) is 4.79 Å². The zero-order valence-electron chi connectivity index (χ0n) is 10.1. The molecule has 5 heteroatoms. The molecule has 0 aliphatic heterocycles. The molecule has 0 heterocycles. The predicted molar refractivity (Wildman–Crippen MR) is 80.1 cm³/mol. The number of para-hydroxylation sites is 1. The van der Waals surface area contributed by atoms with Gasteiger partial charge >= 0.3 is 0 Å². The number of ether oxygens (including phenoxy) is 1. The first kappa shape index (κ1) is 13.8. The van der Waals surface area contributed by atoms with E-state index in [4.69, 9.17) is 4.74 Å². The lowest BCUT2D eigenvalue weighted by atomic mass is 10.2. The highest BCUT2D eigenvalue weighted by Crippen LogP contribution is 2.22. The Bertz CT molecular complexity index is 616. The summed E-state index contributed by atoms with van der Waals surface area (Å²) in [4.78, 5) is 12.0. The van der Waals surface area contributed by atoms with E-state index in [0.29, 0.717) is 11.3 Å². The third kappa shape index (κ3) is 3.23. The molecule has 2 aromatic rings. The van der Waals surface area contributed by atoms with Crippen molar-refractivity contribution in [2.45, 2.75) is 0 Å². The molecule has 0 fully saturated rings. The van der Waals surface area contributed by atoms with Gasteiger partial charge in [0.25, 0.3) is 5.91 Å². The summed E-state index contributed by atoms with van der Waals surface area (Å²) in [6.07, 6.45) is 0. The van der Waals surface area contributed by atoms with Crippen LogP contribution in [0, 0.1) is 9.39 Å². The molecule has 0 aliphatic rings. The normalized spacial score (nSPS) is 10.1. The maximum absolute atomic E-state index is 13.4. The van der Waals surface area contributed by atoms with Crippen LogP contribution < -0.4 is 10.1 Å². The summed E-state index contributed by atoms with van der Waals surface area (Å²) in [5, 5.41) is 2.53. The van der Waals surface area contributed by atoms with Gasteiger partial charge in [0.2, 0.25) is 0 Å². The molecule has 0 saturated heterocycles. The SMILES string of the molecule is COc1ccc(C(=O)Nc2ccccc2F)cc1I. The number of benzene rings is 2. The third-order valence-corrected chi connectivity index (χ3v) is 3.38. The molecular weight excluding hydrogens is 360 g/mol. The van der Waals surface area contributed by atoms with E-state index >= 15 is 0 Å². The maximum Gasteiger partial charge on any atom is 0.255 e. The second-order valence-electron chi connectivity index (χ2n) is 3.78. The lowest BCUT2D eigenvalue weighted by molar-refractivity contribution is 0.102. The molecule has 3 nitrogen and oxygen atoms in total. The first-order valence-corrected chi connectivity index (χ1v) is 6.59. The Kier molecular flexibility index (Phi) is 4.36. The first-order chi connectivity index (χ1) is 9.11. The van der Waals surface area contributed by atoms with E-state index in [9.17, 15) is 9.18 Å². The van der Waals surface area contributed by atoms with Crippen LogP contribution in [0.4, 0.5) is 10.1 Å². The lowest BCUT2D eigenvalue weighted by Gasteiger charge is -2.08. The van der Waals surface area contributed by atoms with E-state index in [0.717, 1.165) is 3.57 Å². The summed E-state index contributed by atoms with van der Waals surface area (Å²) in [5.74, 6) is -0.118. The van der Waals surface area contributed by atoms with Gasteiger partial charge in [0.15, 0.2) is 0 Å². The quantitative estimate of drug-likeness (QED) is 0.836. The Morgan fingerprint density at radius 1 is 1.26 bits per heavy atom. The van der Waals surface area contributed by atoms with Gasteiger partial charge < -0.3 is 10.1 Å². The number of carbonyl (C=O) groups is 1. The number of rotatable bonds is 3. The number of carbonyl (C=O) groups excluding carboxylic acids is 1. The second-order valence-corrected chi connectivity index (χ2v) is 4.95. The minimum atomic E-state index is -0.459. The van der Waals surface area contributed by atoms with E-state index in [-0.39, 0.29) is 11.6 Å². The zero-order valence-corrected chi connectivity index (χ0v) is 12.3. The van der Waals surface area contributed by atoms with Crippen LogP contribution >= 0.6 is 22.6 Å². The van der Waals surface area contributed by atoms with Crippen LogP contribution in [-0.4, -0.2) is 13.0 Å². The van der Waals surface area contributed by atoms with Crippen LogP contribution in [-0.2, 0) is 0 Å². The number of hydrogen-bond acceptors (Lipinski definition) is 2. The first-order valence-electron chi connectivity index (χ1n) is 5.51. The summed E-state index contributed by atoms with van der Waals surface area (Å²) in [6, 6.07) is 11.1. The Labute approximate surface area is 123 Å². The lowest BCUT2D eigenvalue weighted by Crippen LogP contribution is -2.13. The van der Waals surface area contributed by atoms with E-state index in [1.54, 1.807) is 37.4 Å². The van der Waals surface area contributed by atoms with Crippen molar-refractivity contribution >= 4 is 34.2 Å². The Morgan fingerprint density at radius 3 is 2.63 bits per heavy atom. The van der Waals surface area contributed by atoms with Gasteiger partial charge in [0.1, 0.15) is 11.6 Å². The molecule has 0 aromatic heterocycles. The van der Waals surface area contributed by atoms with Gasteiger partial charge in [-0.2, -0.15) is 0 Å². The van der Waals surface area contributed by atoms with Crippen LogP contribution in [0.15, 0.2) is 42.5 Å².